The number of carbonyl (C=O) groups excluding carboxylic acids is 2. The number of ether oxygens (including phenoxy) is 2. The summed E-state index contributed by atoms with van der Waals surface area (Å²) in [5, 5.41) is 0. The highest BCUT2D eigenvalue weighted by Gasteiger charge is 2.26. The molecule has 0 rings (SSSR count). The molecule has 0 amide bonds. The molecule has 0 bridgehead atoms. The van der Waals surface area contributed by atoms with Gasteiger partial charge in [0.25, 0.3) is 0 Å². The molecule has 0 aliphatic heterocycles. The Bertz CT molecular complexity index is 1030. The van der Waals surface area contributed by atoms with E-state index in [-0.39, 0.29) is 26.1 Å². The molecule has 0 aliphatic rings. The van der Waals surface area contributed by atoms with Crippen molar-refractivity contribution in [3.8, 4) is 0 Å². The van der Waals surface area contributed by atoms with Gasteiger partial charge in [0, 0.05) is 19.4 Å². The highest BCUT2D eigenvalue weighted by molar-refractivity contribution is 7.47. The summed E-state index contributed by atoms with van der Waals surface area (Å²) >= 11 is 0. The van der Waals surface area contributed by atoms with Gasteiger partial charge in [-0.1, -0.05) is 152 Å². The lowest BCUT2D eigenvalue weighted by molar-refractivity contribution is -0.161. The molecule has 0 aliphatic carbocycles. The molecule has 0 aromatic heterocycles. The summed E-state index contributed by atoms with van der Waals surface area (Å²) in [6.07, 6.45) is 41.6. The monoisotopic (exact) mass is 768 g/mol. The van der Waals surface area contributed by atoms with Gasteiger partial charge in [-0.2, -0.15) is 0 Å². The highest BCUT2D eigenvalue weighted by Crippen LogP contribution is 2.43. The topological polar surface area (TPSA) is 112 Å². The number of hydrogen-bond donors (Lipinski definition) is 1. The van der Waals surface area contributed by atoms with E-state index in [0.29, 0.717) is 19.4 Å². The minimum absolute atomic E-state index is 0.000322. The maximum atomic E-state index is 12.6. The van der Waals surface area contributed by atoms with Crippen molar-refractivity contribution in [3.63, 3.8) is 0 Å². The number of phosphoric ester groups is 1. The number of nitrogens with zero attached hydrogens (tertiary/aromatic N) is 1. The minimum atomic E-state index is -4.37. The number of allylic oxidation sites excluding steroid dienone is 8. The van der Waals surface area contributed by atoms with Crippen LogP contribution in [0.1, 0.15) is 168 Å². The first-order chi connectivity index (χ1) is 25.7. The van der Waals surface area contributed by atoms with Gasteiger partial charge in [0.15, 0.2) is 6.10 Å². The summed E-state index contributed by atoms with van der Waals surface area (Å²) in [7, 11) is -0.730. The molecule has 1 N–H and O–H groups in total. The Balaban J connectivity index is 4.37. The van der Waals surface area contributed by atoms with Crippen LogP contribution in [0, 0.1) is 0 Å². The molecular weight excluding hydrogens is 689 g/mol. The van der Waals surface area contributed by atoms with Crippen molar-refractivity contribution in [3.05, 3.63) is 48.6 Å². The van der Waals surface area contributed by atoms with E-state index in [9.17, 15) is 19.0 Å². The summed E-state index contributed by atoms with van der Waals surface area (Å²) in [6, 6.07) is 0. The molecule has 0 spiro atoms. The van der Waals surface area contributed by atoms with Crippen LogP contribution in [0.2, 0.25) is 0 Å². The number of rotatable bonds is 38. The Morgan fingerprint density at radius 3 is 1.60 bits per heavy atom. The molecule has 10 heteroatoms. The third-order valence-electron chi connectivity index (χ3n) is 8.65. The van der Waals surface area contributed by atoms with Gasteiger partial charge >= 0.3 is 19.8 Å². The normalized spacial score (nSPS) is 13.9. The number of esters is 2. The van der Waals surface area contributed by atoms with E-state index in [1.165, 1.54) is 77.0 Å². The van der Waals surface area contributed by atoms with Crippen LogP contribution in [-0.4, -0.2) is 68.3 Å². The molecule has 2 unspecified atom stereocenters. The zero-order chi connectivity index (χ0) is 39.1. The zero-order valence-electron chi connectivity index (χ0n) is 34.2. The molecule has 308 valence electrons. The van der Waals surface area contributed by atoms with Crippen LogP contribution in [0.5, 0.6) is 0 Å². The number of likely N-dealkylation sites (N-methyl/N-ethyl adjacent to an activating group) is 1. The van der Waals surface area contributed by atoms with Gasteiger partial charge < -0.3 is 19.3 Å². The van der Waals surface area contributed by atoms with Crippen LogP contribution in [0.3, 0.4) is 0 Å². The van der Waals surface area contributed by atoms with E-state index in [4.69, 9.17) is 18.5 Å². The molecule has 0 heterocycles. The van der Waals surface area contributed by atoms with Gasteiger partial charge in [-0.3, -0.25) is 18.6 Å². The van der Waals surface area contributed by atoms with Gasteiger partial charge in [-0.15, -0.1) is 0 Å². The predicted octanol–water partition coefficient (Wildman–Crippen LogP) is 11.8. The maximum absolute atomic E-state index is 12.6. The number of hydrogen-bond acceptors (Lipinski definition) is 8. The number of phosphoric acid groups is 1. The molecule has 0 saturated heterocycles. The predicted molar refractivity (Wildman–Crippen MR) is 220 cm³/mol. The second kappa shape index (κ2) is 38.3. The van der Waals surface area contributed by atoms with Gasteiger partial charge in [-0.05, 0) is 65.5 Å². The van der Waals surface area contributed by atoms with Crippen molar-refractivity contribution in [2.45, 2.75) is 174 Å². The van der Waals surface area contributed by atoms with E-state index in [1.807, 2.05) is 19.0 Å². The van der Waals surface area contributed by atoms with Crippen LogP contribution in [0.4, 0.5) is 0 Å². The first-order valence-electron chi connectivity index (χ1n) is 20.9. The lowest BCUT2D eigenvalue weighted by Crippen LogP contribution is -2.29. The molecule has 0 saturated carbocycles. The van der Waals surface area contributed by atoms with E-state index >= 15 is 0 Å². The van der Waals surface area contributed by atoms with Crippen molar-refractivity contribution >= 4 is 19.8 Å². The lowest BCUT2D eigenvalue weighted by Gasteiger charge is -2.20. The van der Waals surface area contributed by atoms with E-state index in [0.717, 1.165) is 51.4 Å². The fourth-order valence-electron chi connectivity index (χ4n) is 5.44. The standard InChI is InChI=1S/C43H78NO8P/c1-5-7-9-11-13-15-17-19-21-23-25-27-29-31-33-35-42(45)49-39-41(40-51-53(47,48)50-38-37-44(3)4)52-43(46)36-34-32-30-28-26-24-22-20-18-16-14-12-10-8-6-2/h7,9,13,15,19,21,25,27,41H,5-6,8,10-12,14,16-18,20,22-24,26,28-40H2,1-4H3,(H,47,48)/b9-7-,15-13-,21-19-,27-25-. The van der Waals surface area contributed by atoms with Crippen LogP contribution < -0.4 is 0 Å². The van der Waals surface area contributed by atoms with Crippen molar-refractivity contribution in [1.29, 1.82) is 0 Å². The van der Waals surface area contributed by atoms with Gasteiger partial charge in [-0.25, -0.2) is 4.57 Å². The largest absolute Gasteiger partial charge is 0.472 e. The number of unbranched alkanes of at least 4 members (excludes halogenated alkanes) is 16. The molecule has 0 aromatic carbocycles. The zero-order valence-corrected chi connectivity index (χ0v) is 35.1. The van der Waals surface area contributed by atoms with Crippen molar-refractivity contribution in [1.82, 2.24) is 4.90 Å². The molecule has 53 heavy (non-hydrogen) atoms. The van der Waals surface area contributed by atoms with Gasteiger partial charge in [0.1, 0.15) is 6.61 Å². The summed E-state index contributed by atoms with van der Waals surface area (Å²) in [6.45, 7) is 4.16. The lowest BCUT2D eigenvalue weighted by atomic mass is 10.0. The minimum Gasteiger partial charge on any atom is -0.462 e. The van der Waals surface area contributed by atoms with E-state index in [2.05, 4.69) is 62.5 Å². The second-order valence-corrected chi connectivity index (χ2v) is 15.6. The molecular formula is C43H78NO8P. The van der Waals surface area contributed by atoms with Crippen molar-refractivity contribution < 1.29 is 37.6 Å². The summed E-state index contributed by atoms with van der Waals surface area (Å²) in [4.78, 5) is 36.9. The Morgan fingerprint density at radius 2 is 1.08 bits per heavy atom. The smallest absolute Gasteiger partial charge is 0.462 e. The van der Waals surface area contributed by atoms with Gasteiger partial charge in [0.05, 0.1) is 13.2 Å². The Hall–Kier alpha value is -2.03. The molecule has 0 radical (unpaired) electrons. The molecule has 2 atom stereocenters. The highest BCUT2D eigenvalue weighted by atomic mass is 31.2. The molecule has 0 fully saturated rings. The quantitative estimate of drug-likeness (QED) is 0.0284. The Morgan fingerprint density at radius 1 is 0.604 bits per heavy atom. The summed E-state index contributed by atoms with van der Waals surface area (Å²) in [5.41, 5.74) is 0. The van der Waals surface area contributed by atoms with Crippen molar-refractivity contribution in [2.24, 2.45) is 0 Å². The van der Waals surface area contributed by atoms with Crippen molar-refractivity contribution in [2.75, 3.05) is 40.5 Å². The van der Waals surface area contributed by atoms with E-state index in [1.54, 1.807) is 0 Å². The fourth-order valence-corrected chi connectivity index (χ4v) is 6.18. The average Bonchev–Trinajstić information content (AvgIpc) is 3.12. The molecule has 9 nitrogen and oxygen atoms in total. The summed E-state index contributed by atoms with van der Waals surface area (Å²) < 4.78 is 33.4. The third-order valence-corrected chi connectivity index (χ3v) is 9.63. The maximum Gasteiger partial charge on any atom is 0.472 e. The SMILES string of the molecule is CC/C=C\C/C=C\C/C=C\C/C=C\CCCCC(=O)OCC(COP(=O)(O)OCCN(C)C)OC(=O)CCCCCCCCCCCCCCCCC. The first kappa shape index (κ1) is 51.0. The van der Waals surface area contributed by atoms with Crippen LogP contribution in [0.25, 0.3) is 0 Å². The van der Waals surface area contributed by atoms with E-state index < -0.39 is 32.5 Å². The Labute approximate surface area is 324 Å². The van der Waals surface area contributed by atoms with Crippen LogP contribution in [-0.2, 0) is 32.7 Å². The van der Waals surface area contributed by atoms with Crippen LogP contribution in [0.15, 0.2) is 48.6 Å². The Kier molecular flexibility index (Phi) is 36.8. The summed E-state index contributed by atoms with van der Waals surface area (Å²) in [5.74, 6) is -0.850. The second-order valence-electron chi connectivity index (χ2n) is 14.1. The first-order valence-corrected chi connectivity index (χ1v) is 22.4. The number of carbonyl (C=O) groups is 2. The van der Waals surface area contributed by atoms with Crippen LogP contribution >= 0.6 is 7.82 Å². The third kappa shape index (κ3) is 39.5. The molecule has 0 aromatic rings. The van der Waals surface area contributed by atoms with Gasteiger partial charge in [0.2, 0.25) is 0 Å². The average molecular weight is 768 g/mol. The fraction of sp³-hybridized carbons (Fsp3) is 0.767.